The summed E-state index contributed by atoms with van der Waals surface area (Å²) >= 11 is 0. The third kappa shape index (κ3) is 3.16. The molecule has 1 fully saturated rings. The first kappa shape index (κ1) is 15.9. The Balaban J connectivity index is 1.49. The van der Waals surface area contributed by atoms with Gasteiger partial charge in [0.05, 0.1) is 6.33 Å². The lowest BCUT2D eigenvalue weighted by atomic mass is 9.95. The van der Waals surface area contributed by atoms with Crippen molar-refractivity contribution in [3.63, 3.8) is 0 Å². The normalized spacial score (nSPS) is 15.7. The van der Waals surface area contributed by atoms with Gasteiger partial charge in [-0.3, -0.25) is 14.2 Å². The zero-order chi connectivity index (χ0) is 17.2. The number of amides is 1. The Kier molecular flexibility index (Phi) is 4.26. The largest absolute Gasteiger partial charge is 0.353 e. The van der Waals surface area contributed by atoms with Crippen molar-refractivity contribution in [2.24, 2.45) is 0 Å². The van der Waals surface area contributed by atoms with Crippen LogP contribution in [0, 0.1) is 0 Å². The number of aromatic amines is 1. The van der Waals surface area contributed by atoms with Crippen LogP contribution < -0.4 is 10.9 Å². The predicted octanol–water partition coefficient (Wildman–Crippen LogP) is 2.72. The van der Waals surface area contributed by atoms with Crippen molar-refractivity contribution in [1.29, 1.82) is 0 Å². The minimum atomic E-state index is -0.133. The van der Waals surface area contributed by atoms with Gasteiger partial charge in [0.25, 0.3) is 5.56 Å². The van der Waals surface area contributed by atoms with E-state index in [1.807, 2.05) is 24.3 Å². The summed E-state index contributed by atoms with van der Waals surface area (Å²) in [7, 11) is 0. The number of para-hydroxylation sites is 1. The van der Waals surface area contributed by atoms with E-state index in [2.05, 4.69) is 15.3 Å². The highest BCUT2D eigenvalue weighted by Gasteiger charge is 2.16. The van der Waals surface area contributed by atoms with Crippen LogP contribution in [0.15, 0.2) is 35.4 Å². The SMILES string of the molecule is O=C(CCn1cnc2c([nH]c3ccccc32)c1=O)NC1CCCCC1. The van der Waals surface area contributed by atoms with Crippen molar-refractivity contribution in [1.82, 2.24) is 19.9 Å². The molecular weight excluding hydrogens is 316 g/mol. The Morgan fingerprint density at radius 3 is 2.88 bits per heavy atom. The highest BCUT2D eigenvalue weighted by molar-refractivity contribution is 6.04. The molecule has 25 heavy (non-hydrogen) atoms. The molecule has 0 saturated heterocycles. The maximum atomic E-state index is 12.7. The van der Waals surface area contributed by atoms with Crippen molar-refractivity contribution in [2.75, 3.05) is 0 Å². The van der Waals surface area contributed by atoms with Crippen molar-refractivity contribution in [3.8, 4) is 0 Å². The molecule has 0 radical (unpaired) electrons. The summed E-state index contributed by atoms with van der Waals surface area (Å²) in [5, 5.41) is 4.03. The average Bonchev–Trinajstić information content (AvgIpc) is 3.02. The third-order valence-corrected chi connectivity index (χ3v) is 5.03. The monoisotopic (exact) mass is 338 g/mol. The molecule has 1 aromatic carbocycles. The second kappa shape index (κ2) is 6.70. The van der Waals surface area contributed by atoms with E-state index in [0.29, 0.717) is 30.0 Å². The van der Waals surface area contributed by atoms with Crippen LogP contribution in [-0.4, -0.2) is 26.5 Å². The zero-order valence-corrected chi connectivity index (χ0v) is 14.1. The van der Waals surface area contributed by atoms with E-state index in [9.17, 15) is 9.59 Å². The van der Waals surface area contributed by atoms with Crippen molar-refractivity contribution in [3.05, 3.63) is 40.9 Å². The first-order chi connectivity index (χ1) is 12.2. The molecule has 4 rings (SSSR count). The Morgan fingerprint density at radius 2 is 2.04 bits per heavy atom. The molecule has 1 amide bonds. The number of hydrogen-bond donors (Lipinski definition) is 2. The molecule has 1 aliphatic carbocycles. The fraction of sp³-hybridized carbons (Fsp3) is 0.421. The number of H-pyrrole nitrogens is 1. The number of fused-ring (bicyclic) bond motifs is 3. The summed E-state index contributed by atoms with van der Waals surface area (Å²) in [5.41, 5.74) is 1.95. The predicted molar refractivity (Wildman–Crippen MR) is 97.5 cm³/mol. The topological polar surface area (TPSA) is 79.8 Å². The molecule has 130 valence electrons. The van der Waals surface area contributed by atoms with Crippen LogP contribution in [0.2, 0.25) is 0 Å². The molecule has 1 saturated carbocycles. The van der Waals surface area contributed by atoms with Crippen LogP contribution in [0.1, 0.15) is 38.5 Å². The van der Waals surface area contributed by atoms with Gasteiger partial charge in [-0.1, -0.05) is 37.5 Å². The number of hydrogen-bond acceptors (Lipinski definition) is 3. The first-order valence-corrected chi connectivity index (χ1v) is 8.97. The second-order valence-corrected chi connectivity index (χ2v) is 6.79. The van der Waals surface area contributed by atoms with E-state index in [-0.39, 0.29) is 11.5 Å². The van der Waals surface area contributed by atoms with E-state index in [0.717, 1.165) is 23.7 Å². The molecule has 2 N–H and O–H groups in total. The molecule has 0 unspecified atom stereocenters. The third-order valence-electron chi connectivity index (χ3n) is 5.03. The van der Waals surface area contributed by atoms with Crippen LogP contribution in [0.5, 0.6) is 0 Å². The van der Waals surface area contributed by atoms with Gasteiger partial charge < -0.3 is 10.3 Å². The number of nitrogens with zero attached hydrogens (tertiary/aromatic N) is 2. The smallest absolute Gasteiger partial charge is 0.277 e. The lowest BCUT2D eigenvalue weighted by Crippen LogP contribution is -2.37. The number of carbonyl (C=O) groups is 1. The Hall–Kier alpha value is -2.63. The fourth-order valence-corrected chi connectivity index (χ4v) is 3.67. The lowest BCUT2D eigenvalue weighted by molar-refractivity contribution is -0.122. The van der Waals surface area contributed by atoms with Crippen molar-refractivity contribution >= 4 is 27.8 Å². The van der Waals surface area contributed by atoms with E-state index in [4.69, 9.17) is 0 Å². The van der Waals surface area contributed by atoms with Crippen LogP contribution in [-0.2, 0) is 11.3 Å². The molecule has 0 atom stereocenters. The average molecular weight is 338 g/mol. The summed E-state index contributed by atoms with van der Waals surface area (Å²) in [6.07, 6.45) is 7.60. The van der Waals surface area contributed by atoms with Gasteiger partial charge in [-0.05, 0) is 18.9 Å². The molecule has 2 heterocycles. The molecule has 0 bridgehead atoms. The van der Waals surface area contributed by atoms with Crippen LogP contribution in [0.25, 0.3) is 21.9 Å². The molecular formula is C19H22N4O2. The Morgan fingerprint density at radius 1 is 1.24 bits per heavy atom. The van der Waals surface area contributed by atoms with E-state index >= 15 is 0 Å². The van der Waals surface area contributed by atoms with Gasteiger partial charge in [0.2, 0.25) is 5.91 Å². The first-order valence-electron chi connectivity index (χ1n) is 8.97. The Bertz CT molecular complexity index is 966. The summed E-state index contributed by atoms with van der Waals surface area (Å²) in [6, 6.07) is 8.03. The van der Waals surface area contributed by atoms with Crippen LogP contribution >= 0.6 is 0 Å². The van der Waals surface area contributed by atoms with E-state index in [1.165, 1.54) is 23.8 Å². The summed E-state index contributed by atoms with van der Waals surface area (Å²) in [5.74, 6) is 0.00976. The second-order valence-electron chi connectivity index (χ2n) is 6.79. The molecule has 3 aromatic rings. The number of carbonyl (C=O) groups excluding carboxylic acids is 1. The highest BCUT2D eigenvalue weighted by atomic mass is 16.2. The standard InChI is InChI=1S/C19H22N4O2/c24-16(21-13-6-2-1-3-7-13)10-11-23-12-20-17-14-8-4-5-9-15(14)22-18(17)19(23)25/h4-5,8-9,12-13,22H,1-3,6-7,10-11H2,(H,21,24). The number of aryl methyl sites for hydroxylation is 1. The van der Waals surface area contributed by atoms with Gasteiger partial charge in [-0.25, -0.2) is 4.98 Å². The minimum Gasteiger partial charge on any atom is -0.353 e. The number of nitrogens with one attached hydrogen (secondary N) is 2. The van der Waals surface area contributed by atoms with Crippen LogP contribution in [0.3, 0.4) is 0 Å². The minimum absolute atomic E-state index is 0.00976. The molecule has 6 heteroatoms. The molecule has 1 aliphatic rings. The quantitative estimate of drug-likeness (QED) is 0.767. The van der Waals surface area contributed by atoms with Gasteiger partial charge in [0.1, 0.15) is 11.0 Å². The molecule has 0 aliphatic heterocycles. The van der Waals surface area contributed by atoms with Crippen molar-refractivity contribution < 1.29 is 4.79 Å². The summed E-state index contributed by atoms with van der Waals surface area (Å²) < 4.78 is 1.51. The molecule has 2 aromatic heterocycles. The molecule has 6 nitrogen and oxygen atoms in total. The number of benzene rings is 1. The summed E-state index contributed by atoms with van der Waals surface area (Å²) in [6.45, 7) is 0.343. The maximum absolute atomic E-state index is 12.7. The maximum Gasteiger partial charge on any atom is 0.277 e. The van der Waals surface area contributed by atoms with Crippen LogP contribution in [0.4, 0.5) is 0 Å². The Labute approximate surface area is 145 Å². The molecule has 0 spiro atoms. The fourth-order valence-electron chi connectivity index (χ4n) is 3.67. The number of rotatable bonds is 4. The van der Waals surface area contributed by atoms with Gasteiger partial charge in [-0.15, -0.1) is 0 Å². The highest BCUT2D eigenvalue weighted by Crippen LogP contribution is 2.20. The van der Waals surface area contributed by atoms with Gasteiger partial charge in [-0.2, -0.15) is 0 Å². The lowest BCUT2D eigenvalue weighted by Gasteiger charge is -2.22. The van der Waals surface area contributed by atoms with E-state index < -0.39 is 0 Å². The van der Waals surface area contributed by atoms with E-state index in [1.54, 1.807) is 6.33 Å². The summed E-state index contributed by atoms with van der Waals surface area (Å²) in [4.78, 5) is 32.4. The van der Waals surface area contributed by atoms with Crippen molar-refractivity contribution in [2.45, 2.75) is 51.1 Å². The van der Waals surface area contributed by atoms with Gasteiger partial charge in [0, 0.05) is 29.9 Å². The zero-order valence-electron chi connectivity index (χ0n) is 14.1. The number of aromatic nitrogens is 3. The van der Waals surface area contributed by atoms with Gasteiger partial charge in [0.15, 0.2) is 0 Å². The van der Waals surface area contributed by atoms with Gasteiger partial charge >= 0.3 is 0 Å².